The lowest BCUT2D eigenvalue weighted by molar-refractivity contribution is 0.0951. The molecule has 0 saturated heterocycles. The Bertz CT molecular complexity index is 827. The number of benzene rings is 1. The molecule has 0 aliphatic rings. The Morgan fingerprint density at radius 3 is 2.68 bits per heavy atom. The number of rotatable bonds is 6. The summed E-state index contributed by atoms with van der Waals surface area (Å²) in [7, 11) is 0. The van der Waals surface area contributed by atoms with Crippen molar-refractivity contribution in [2.45, 2.75) is 26.5 Å². The molecule has 0 atom stereocenters. The van der Waals surface area contributed by atoms with E-state index >= 15 is 0 Å². The number of thiophene rings is 1. The lowest BCUT2D eigenvalue weighted by Gasteiger charge is -2.10. The molecule has 0 radical (unpaired) electrons. The van der Waals surface area contributed by atoms with Gasteiger partial charge in [0.2, 0.25) is 0 Å². The Morgan fingerprint density at radius 2 is 2.00 bits per heavy atom. The van der Waals surface area contributed by atoms with Gasteiger partial charge in [0.1, 0.15) is 5.75 Å². The van der Waals surface area contributed by atoms with Crippen molar-refractivity contribution in [1.82, 2.24) is 10.3 Å². The first-order chi connectivity index (χ1) is 12.1. The van der Waals surface area contributed by atoms with E-state index in [9.17, 15) is 4.79 Å². The molecule has 0 spiro atoms. The molecule has 0 bridgehead atoms. The molecule has 0 aliphatic carbocycles. The summed E-state index contributed by atoms with van der Waals surface area (Å²) in [6, 6.07) is 15.1. The van der Waals surface area contributed by atoms with Crippen molar-refractivity contribution in [1.29, 1.82) is 0 Å². The Labute approximate surface area is 151 Å². The number of nitrogens with one attached hydrogen (secondary N) is 1. The summed E-state index contributed by atoms with van der Waals surface area (Å²) in [5, 5.41) is 4.97. The molecule has 0 fully saturated rings. The molecule has 0 saturated carbocycles. The Hall–Kier alpha value is -2.66. The number of hydrogen-bond donors (Lipinski definition) is 1. The molecule has 4 nitrogen and oxygen atoms in total. The number of ether oxygens (including phenoxy) is 1. The number of amides is 1. The smallest absolute Gasteiger partial charge is 0.251 e. The average Bonchev–Trinajstić information content (AvgIpc) is 3.15. The van der Waals surface area contributed by atoms with Crippen LogP contribution in [0.5, 0.6) is 5.75 Å². The summed E-state index contributed by atoms with van der Waals surface area (Å²) in [6.45, 7) is 4.41. The summed E-state index contributed by atoms with van der Waals surface area (Å²) in [4.78, 5) is 17.8. The molecule has 25 heavy (non-hydrogen) atoms. The minimum absolute atomic E-state index is 0.106. The van der Waals surface area contributed by atoms with Crippen LogP contribution >= 0.6 is 11.3 Å². The molecule has 3 aromatic rings. The van der Waals surface area contributed by atoms with Crippen LogP contribution in [0.1, 0.15) is 29.8 Å². The standard InChI is InChI=1S/C20H20N2O2S/c1-14(2)24-17-7-5-16(6-8-17)20(23)22-13-15-9-10-21-18(12-15)19-4-3-11-25-19/h3-12,14H,13H2,1-2H3,(H,22,23). The zero-order chi connectivity index (χ0) is 17.6. The van der Waals surface area contributed by atoms with E-state index < -0.39 is 0 Å². The Balaban J connectivity index is 1.61. The second-order valence-electron chi connectivity index (χ2n) is 5.90. The van der Waals surface area contributed by atoms with Crippen molar-refractivity contribution in [3.63, 3.8) is 0 Å². The van der Waals surface area contributed by atoms with E-state index in [0.717, 1.165) is 21.9 Å². The Kier molecular flexibility index (Phi) is 5.46. The lowest BCUT2D eigenvalue weighted by Crippen LogP contribution is -2.22. The van der Waals surface area contributed by atoms with Gasteiger partial charge < -0.3 is 10.1 Å². The quantitative estimate of drug-likeness (QED) is 0.709. The zero-order valence-corrected chi connectivity index (χ0v) is 15.0. The molecule has 5 heteroatoms. The van der Waals surface area contributed by atoms with Gasteiger partial charge in [-0.15, -0.1) is 11.3 Å². The summed E-state index contributed by atoms with van der Waals surface area (Å²) in [5.74, 6) is 0.659. The second kappa shape index (κ2) is 7.94. The average molecular weight is 352 g/mol. The van der Waals surface area contributed by atoms with Crippen molar-refractivity contribution in [2.75, 3.05) is 0 Å². The van der Waals surface area contributed by atoms with Gasteiger partial charge in [0.15, 0.2) is 0 Å². The molecule has 2 aromatic heterocycles. The fourth-order valence-electron chi connectivity index (χ4n) is 2.38. The van der Waals surface area contributed by atoms with Crippen molar-refractivity contribution in [3.05, 3.63) is 71.2 Å². The summed E-state index contributed by atoms with van der Waals surface area (Å²) in [5.41, 5.74) is 2.56. The summed E-state index contributed by atoms with van der Waals surface area (Å²) in [6.07, 6.45) is 1.89. The normalized spacial score (nSPS) is 10.7. The van der Waals surface area contributed by atoms with E-state index in [1.165, 1.54) is 0 Å². The topological polar surface area (TPSA) is 51.2 Å². The molecule has 3 rings (SSSR count). The predicted octanol–water partition coefficient (Wildman–Crippen LogP) is 4.53. The van der Waals surface area contributed by atoms with Crippen LogP contribution in [0.15, 0.2) is 60.1 Å². The highest BCUT2D eigenvalue weighted by atomic mass is 32.1. The SMILES string of the molecule is CC(C)Oc1ccc(C(=O)NCc2ccnc(-c3cccs3)c2)cc1. The van der Waals surface area contributed by atoms with Crippen molar-refractivity contribution < 1.29 is 9.53 Å². The lowest BCUT2D eigenvalue weighted by atomic mass is 10.2. The highest BCUT2D eigenvalue weighted by Crippen LogP contribution is 2.23. The molecule has 0 aliphatic heterocycles. The fourth-order valence-corrected chi connectivity index (χ4v) is 3.08. The summed E-state index contributed by atoms with van der Waals surface area (Å²) >= 11 is 1.65. The largest absolute Gasteiger partial charge is 0.491 e. The van der Waals surface area contributed by atoms with Gasteiger partial charge in [0.05, 0.1) is 16.7 Å². The van der Waals surface area contributed by atoms with E-state index in [0.29, 0.717) is 12.1 Å². The van der Waals surface area contributed by atoms with Gasteiger partial charge in [-0.25, -0.2) is 0 Å². The second-order valence-corrected chi connectivity index (χ2v) is 6.85. The van der Waals surface area contributed by atoms with Gasteiger partial charge in [0, 0.05) is 18.3 Å². The van der Waals surface area contributed by atoms with Gasteiger partial charge in [-0.3, -0.25) is 9.78 Å². The van der Waals surface area contributed by atoms with Crippen molar-refractivity contribution in [2.24, 2.45) is 0 Å². The highest BCUT2D eigenvalue weighted by Gasteiger charge is 2.07. The van der Waals surface area contributed by atoms with Gasteiger partial charge in [-0.2, -0.15) is 0 Å². The van der Waals surface area contributed by atoms with Crippen LogP contribution in [0.2, 0.25) is 0 Å². The fraction of sp³-hybridized carbons (Fsp3) is 0.200. The van der Waals surface area contributed by atoms with E-state index in [2.05, 4.69) is 10.3 Å². The number of carbonyl (C=O) groups excluding carboxylic acids is 1. The number of pyridine rings is 1. The zero-order valence-electron chi connectivity index (χ0n) is 14.2. The first-order valence-electron chi connectivity index (χ1n) is 8.15. The van der Waals surface area contributed by atoms with Crippen LogP contribution in [0, 0.1) is 0 Å². The molecule has 2 heterocycles. The van der Waals surface area contributed by atoms with Crippen LogP contribution in [-0.2, 0) is 6.54 Å². The van der Waals surface area contributed by atoms with E-state index in [4.69, 9.17) is 4.74 Å². The summed E-state index contributed by atoms with van der Waals surface area (Å²) < 4.78 is 5.59. The van der Waals surface area contributed by atoms with E-state index in [-0.39, 0.29) is 12.0 Å². The molecule has 128 valence electrons. The molecule has 1 aromatic carbocycles. The maximum Gasteiger partial charge on any atom is 0.251 e. The van der Waals surface area contributed by atoms with Gasteiger partial charge in [-0.05, 0) is 67.3 Å². The minimum atomic E-state index is -0.106. The first-order valence-corrected chi connectivity index (χ1v) is 9.03. The third-order valence-corrected chi connectivity index (χ3v) is 4.43. The van der Waals surface area contributed by atoms with Gasteiger partial charge >= 0.3 is 0 Å². The van der Waals surface area contributed by atoms with Crippen LogP contribution in [0.4, 0.5) is 0 Å². The molecule has 1 N–H and O–H groups in total. The molecular weight excluding hydrogens is 332 g/mol. The van der Waals surface area contributed by atoms with Crippen molar-refractivity contribution in [3.8, 4) is 16.3 Å². The van der Waals surface area contributed by atoms with Gasteiger partial charge in [0.25, 0.3) is 5.91 Å². The van der Waals surface area contributed by atoms with E-state index in [1.807, 2.05) is 55.6 Å². The van der Waals surface area contributed by atoms with Crippen molar-refractivity contribution >= 4 is 17.2 Å². The predicted molar refractivity (Wildman–Crippen MR) is 101 cm³/mol. The number of aromatic nitrogens is 1. The van der Waals surface area contributed by atoms with Crippen LogP contribution < -0.4 is 10.1 Å². The number of nitrogens with zero attached hydrogens (tertiary/aromatic N) is 1. The highest BCUT2D eigenvalue weighted by molar-refractivity contribution is 7.13. The maximum absolute atomic E-state index is 12.3. The molecule has 0 unspecified atom stereocenters. The van der Waals surface area contributed by atoms with E-state index in [1.54, 1.807) is 29.7 Å². The van der Waals surface area contributed by atoms with Crippen LogP contribution in [-0.4, -0.2) is 17.0 Å². The molecular formula is C20H20N2O2S. The first kappa shape index (κ1) is 17.2. The maximum atomic E-state index is 12.3. The minimum Gasteiger partial charge on any atom is -0.491 e. The Morgan fingerprint density at radius 1 is 1.20 bits per heavy atom. The monoisotopic (exact) mass is 352 g/mol. The number of carbonyl (C=O) groups is 1. The number of hydrogen-bond acceptors (Lipinski definition) is 4. The molecule has 1 amide bonds. The van der Waals surface area contributed by atoms with Crippen LogP contribution in [0.25, 0.3) is 10.6 Å². The third kappa shape index (κ3) is 4.67. The van der Waals surface area contributed by atoms with Crippen LogP contribution in [0.3, 0.4) is 0 Å². The van der Waals surface area contributed by atoms with Gasteiger partial charge in [-0.1, -0.05) is 6.07 Å². The third-order valence-electron chi connectivity index (χ3n) is 3.54.